The first-order valence-corrected chi connectivity index (χ1v) is 8.84. The molecule has 1 atom stereocenters. The third kappa shape index (κ3) is 4.08. The fraction of sp³-hybridized carbons (Fsp3) is 0.444. The van der Waals surface area contributed by atoms with Crippen LogP contribution in [0.5, 0.6) is 11.5 Å². The van der Waals surface area contributed by atoms with Crippen molar-refractivity contribution < 1.29 is 19.0 Å². The molecule has 1 unspecified atom stereocenters. The number of carbonyl (C=O) groups is 1. The largest absolute Gasteiger partial charge is 0.454 e. The highest BCUT2D eigenvalue weighted by atomic mass is 16.7. The first kappa shape index (κ1) is 16.7. The summed E-state index contributed by atoms with van der Waals surface area (Å²) in [7, 11) is 0. The predicted molar refractivity (Wildman–Crippen MR) is 94.2 cm³/mol. The van der Waals surface area contributed by atoms with Crippen LogP contribution in [-0.2, 0) is 17.8 Å². The van der Waals surface area contributed by atoms with Crippen molar-refractivity contribution in [3.63, 3.8) is 0 Å². The van der Waals surface area contributed by atoms with Gasteiger partial charge in [0.1, 0.15) is 0 Å². The summed E-state index contributed by atoms with van der Waals surface area (Å²) in [5.74, 6) is 1.43. The van der Waals surface area contributed by atoms with Crippen molar-refractivity contribution in [3.05, 3.63) is 36.2 Å². The molecular weight excluding hydrogens is 336 g/mol. The minimum absolute atomic E-state index is 0.205. The van der Waals surface area contributed by atoms with E-state index in [0.717, 1.165) is 30.8 Å². The Morgan fingerprint density at radius 2 is 2.19 bits per heavy atom. The van der Waals surface area contributed by atoms with Gasteiger partial charge in [-0.15, -0.1) is 0 Å². The van der Waals surface area contributed by atoms with Gasteiger partial charge in [0.25, 0.3) is 0 Å². The Hall–Kier alpha value is -2.74. The Bertz CT molecular complexity index is 770. The zero-order valence-corrected chi connectivity index (χ0v) is 14.4. The third-order valence-electron chi connectivity index (χ3n) is 4.45. The highest BCUT2D eigenvalue weighted by molar-refractivity contribution is 5.88. The van der Waals surface area contributed by atoms with E-state index in [-0.39, 0.29) is 18.9 Å². The molecule has 138 valence electrons. The number of hydrogen-bond donors (Lipinski definition) is 2. The Balaban J connectivity index is 1.25. The Morgan fingerprint density at radius 1 is 1.27 bits per heavy atom. The van der Waals surface area contributed by atoms with Gasteiger partial charge in [0.05, 0.1) is 24.5 Å². The number of urea groups is 1. The molecule has 1 aromatic carbocycles. The lowest BCUT2D eigenvalue weighted by atomic mass is 10.1. The van der Waals surface area contributed by atoms with Gasteiger partial charge in [-0.25, -0.2) is 4.79 Å². The molecule has 26 heavy (non-hydrogen) atoms. The molecule has 2 aliphatic rings. The zero-order chi connectivity index (χ0) is 17.8. The Kier molecular flexibility index (Phi) is 4.92. The van der Waals surface area contributed by atoms with Crippen LogP contribution in [0.15, 0.2) is 30.6 Å². The quantitative estimate of drug-likeness (QED) is 0.858. The first-order valence-electron chi connectivity index (χ1n) is 8.84. The molecule has 3 heterocycles. The SMILES string of the molecule is O=C(NCc1ccc2c(c1)OCO2)Nc1cnn(CC2CCCCO2)c1. The minimum Gasteiger partial charge on any atom is -0.454 e. The number of aromatic nitrogens is 2. The number of nitrogens with zero attached hydrogens (tertiary/aromatic N) is 2. The van der Waals surface area contributed by atoms with Gasteiger partial charge >= 0.3 is 6.03 Å². The molecule has 2 N–H and O–H groups in total. The number of ether oxygens (including phenoxy) is 3. The van der Waals surface area contributed by atoms with Gasteiger partial charge in [-0.2, -0.15) is 5.10 Å². The summed E-state index contributed by atoms with van der Waals surface area (Å²) in [5.41, 5.74) is 1.60. The van der Waals surface area contributed by atoms with Crippen LogP contribution in [0.1, 0.15) is 24.8 Å². The number of amides is 2. The van der Waals surface area contributed by atoms with Crippen molar-refractivity contribution in [2.24, 2.45) is 0 Å². The highest BCUT2D eigenvalue weighted by Crippen LogP contribution is 2.32. The molecule has 0 aliphatic carbocycles. The zero-order valence-electron chi connectivity index (χ0n) is 14.4. The van der Waals surface area contributed by atoms with Crippen molar-refractivity contribution in [1.82, 2.24) is 15.1 Å². The lowest BCUT2D eigenvalue weighted by Crippen LogP contribution is -2.28. The van der Waals surface area contributed by atoms with E-state index in [1.54, 1.807) is 6.20 Å². The van der Waals surface area contributed by atoms with Crippen LogP contribution in [0.2, 0.25) is 0 Å². The van der Waals surface area contributed by atoms with Gasteiger partial charge < -0.3 is 24.8 Å². The molecule has 0 bridgehead atoms. The third-order valence-corrected chi connectivity index (χ3v) is 4.45. The molecule has 0 spiro atoms. The minimum atomic E-state index is -0.281. The monoisotopic (exact) mass is 358 g/mol. The first-order chi connectivity index (χ1) is 12.8. The Labute approximate surface area is 151 Å². The highest BCUT2D eigenvalue weighted by Gasteiger charge is 2.16. The maximum Gasteiger partial charge on any atom is 0.319 e. The molecule has 2 aromatic rings. The maximum atomic E-state index is 12.1. The number of anilines is 1. The van der Waals surface area contributed by atoms with Gasteiger partial charge in [0.2, 0.25) is 6.79 Å². The van der Waals surface area contributed by atoms with E-state index >= 15 is 0 Å². The molecule has 2 amide bonds. The normalized spacial score (nSPS) is 18.5. The molecule has 1 saturated heterocycles. The molecule has 8 heteroatoms. The van der Waals surface area contributed by atoms with Gasteiger partial charge in [0.15, 0.2) is 11.5 Å². The van der Waals surface area contributed by atoms with E-state index in [2.05, 4.69) is 15.7 Å². The number of rotatable bonds is 5. The van der Waals surface area contributed by atoms with E-state index in [1.807, 2.05) is 29.1 Å². The summed E-state index contributed by atoms with van der Waals surface area (Å²) in [5, 5.41) is 9.90. The molecule has 1 fully saturated rings. The van der Waals surface area contributed by atoms with Crippen molar-refractivity contribution in [1.29, 1.82) is 0 Å². The van der Waals surface area contributed by atoms with E-state index < -0.39 is 0 Å². The molecule has 0 radical (unpaired) electrons. The summed E-state index contributed by atoms with van der Waals surface area (Å²) < 4.78 is 18.1. The molecule has 2 aliphatic heterocycles. The van der Waals surface area contributed by atoms with E-state index in [0.29, 0.717) is 24.5 Å². The number of nitrogens with one attached hydrogen (secondary N) is 2. The molecule has 4 rings (SSSR count). The summed E-state index contributed by atoms with van der Waals surface area (Å²) >= 11 is 0. The van der Waals surface area contributed by atoms with Gasteiger partial charge in [0, 0.05) is 19.3 Å². The molecular formula is C18H22N4O4. The van der Waals surface area contributed by atoms with E-state index in [4.69, 9.17) is 14.2 Å². The average Bonchev–Trinajstić information content (AvgIpc) is 3.29. The van der Waals surface area contributed by atoms with Crippen LogP contribution in [-0.4, -0.2) is 35.3 Å². The van der Waals surface area contributed by atoms with Gasteiger partial charge in [-0.3, -0.25) is 4.68 Å². The lowest BCUT2D eigenvalue weighted by Gasteiger charge is -2.22. The number of hydrogen-bond acceptors (Lipinski definition) is 5. The molecule has 0 saturated carbocycles. The summed E-state index contributed by atoms with van der Waals surface area (Å²) in [6.45, 7) is 2.16. The van der Waals surface area contributed by atoms with Gasteiger partial charge in [-0.05, 0) is 37.0 Å². The van der Waals surface area contributed by atoms with Crippen LogP contribution in [0.25, 0.3) is 0 Å². The lowest BCUT2D eigenvalue weighted by molar-refractivity contribution is 0.00400. The summed E-state index contributed by atoms with van der Waals surface area (Å²) in [6.07, 6.45) is 7.04. The topological polar surface area (TPSA) is 86.6 Å². The average molecular weight is 358 g/mol. The van der Waals surface area contributed by atoms with Crippen LogP contribution in [0.4, 0.5) is 10.5 Å². The fourth-order valence-electron chi connectivity index (χ4n) is 3.10. The van der Waals surface area contributed by atoms with Crippen LogP contribution >= 0.6 is 0 Å². The smallest absolute Gasteiger partial charge is 0.319 e. The Morgan fingerprint density at radius 3 is 3.08 bits per heavy atom. The van der Waals surface area contributed by atoms with Crippen LogP contribution in [0.3, 0.4) is 0 Å². The second kappa shape index (κ2) is 7.65. The molecule has 1 aromatic heterocycles. The van der Waals surface area contributed by atoms with Crippen LogP contribution in [0, 0.1) is 0 Å². The maximum absolute atomic E-state index is 12.1. The van der Waals surface area contributed by atoms with Crippen LogP contribution < -0.4 is 20.1 Å². The van der Waals surface area contributed by atoms with E-state index in [9.17, 15) is 4.79 Å². The van der Waals surface area contributed by atoms with E-state index in [1.165, 1.54) is 6.42 Å². The predicted octanol–water partition coefficient (Wildman–Crippen LogP) is 2.50. The molecule has 8 nitrogen and oxygen atoms in total. The van der Waals surface area contributed by atoms with Crippen molar-refractivity contribution in [3.8, 4) is 11.5 Å². The standard InChI is InChI=1S/C18H22N4O4/c23-18(19-8-13-4-5-16-17(7-13)26-12-25-16)21-14-9-20-22(10-14)11-15-3-1-2-6-24-15/h4-5,7,9-10,15H,1-3,6,8,11-12H2,(H2,19,21,23). The summed E-state index contributed by atoms with van der Waals surface area (Å²) in [6, 6.07) is 5.33. The van der Waals surface area contributed by atoms with Crippen molar-refractivity contribution in [2.45, 2.75) is 38.5 Å². The van der Waals surface area contributed by atoms with Gasteiger partial charge in [-0.1, -0.05) is 6.07 Å². The van der Waals surface area contributed by atoms with Crippen molar-refractivity contribution >= 4 is 11.7 Å². The number of benzene rings is 1. The fourth-order valence-corrected chi connectivity index (χ4v) is 3.10. The second-order valence-electron chi connectivity index (χ2n) is 6.43. The summed E-state index contributed by atoms with van der Waals surface area (Å²) in [4.78, 5) is 12.1. The second-order valence-corrected chi connectivity index (χ2v) is 6.43. The number of fused-ring (bicyclic) bond motifs is 1. The van der Waals surface area contributed by atoms with Crippen molar-refractivity contribution in [2.75, 3.05) is 18.7 Å². The number of carbonyl (C=O) groups excluding carboxylic acids is 1.